The van der Waals surface area contributed by atoms with Gasteiger partial charge in [-0.2, -0.15) is 9.97 Å². The molecule has 32 heavy (non-hydrogen) atoms. The Bertz CT molecular complexity index is 1080. The van der Waals surface area contributed by atoms with Crippen molar-refractivity contribution in [2.45, 2.75) is 32.2 Å². The molecular formula is C23H26N4O5. The predicted molar refractivity (Wildman–Crippen MR) is 115 cm³/mol. The number of nitrogens with zero attached hydrogens (tertiary/aromatic N) is 4. The first-order valence-corrected chi connectivity index (χ1v) is 10.5. The van der Waals surface area contributed by atoms with Gasteiger partial charge < -0.3 is 23.6 Å². The molecule has 0 spiro atoms. The number of pyridine rings is 1. The number of benzene rings is 1. The first kappa shape index (κ1) is 21.6. The van der Waals surface area contributed by atoms with E-state index in [1.165, 1.54) is 14.2 Å². The molecule has 9 heteroatoms. The van der Waals surface area contributed by atoms with Gasteiger partial charge in [0.2, 0.25) is 17.7 Å². The van der Waals surface area contributed by atoms with Crippen LogP contribution in [0.5, 0.6) is 17.5 Å². The standard InChI is InChI=1S/C23H26N4O5/c1-15-6-4-7-16(14-15)31-13-11-19-24-22(32-26-19)18-8-5-12-27(18)23(28)17-9-10-20(29-2)25-21(17)30-3/h4,6-7,9-10,14,18H,5,8,11-13H2,1-3H3. The number of hydrogen-bond donors (Lipinski definition) is 0. The van der Waals surface area contributed by atoms with E-state index in [-0.39, 0.29) is 17.8 Å². The summed E-state index contributed by atoms with van der Waals surface area (Å²) in [6.45, 7) is 3.04. The van der Waals surface area contributed by atoms with Crippen LogP contribution in [0.3, 0.4) is 0 Å². The molecule has 1 atom stereocenters. The van der Waals surface area contributed by atoms with Gasteiger partial charge in [-0.3, -0.25) is 4.79 Å². The maximum absolute atomic E-state index is 13.2. The Morgan fingerprint density at radius 3 is 2.84 bits per heavy atom. The van der Waals surface area contributed by atoms with Gasteiger partial charge in [-0.1, -0.05) is 17.3 Å². The van der Waals surface area contributed by atoms with Crippen molar-refractivity contribution in [1.29, 1.82) is 0 Å². The van der Waals surface area contributed by atoms with Crippen LogP contribution in [0.15, 0.2) is 40.9 Å². The summed E-state index contributed by atoms with van der Waals surface area (Å²) in [4.78, 5) is 23.7. The second-order valence-corrected chi connectivity index (χ2v) is 7.53. The number of ether oxygens (including phenoxy) is 3. The second kappa shape index (κ2) is 9.67. The van der Waals surface area contributed by atoms with Crippen molar-refractivity contribution < 1.29 is 23.5 Å². The molecule has 1 fully saturated rings. The lowest BCUT2D eigenvalue weighted by Gasteiger charge is -2.22. The summed E-state index contributed by atoms with van der Waals surface area (Å²) >= 11 is 0. The Labute approximate surface area is 186 Å². The van der Waals surface area contributed by atoms with Crippen molar-refractivity contribution in [3.8, 4) is 17.5 Å². The van der Waals surface area contributed by atoms with E-state index >= 15 is 0 Å². The number of carbonyl (C=O) groups is 1. The molecule has 1 saturated heterocycles. The summed E-state index contributed by atoms with van der Waals surface area (Å²) < 4.78 is 21.7. The molecule has 2 aromatic heterocycles. The Balaban J connectivity index is 1.42. The van der Waals surface area contributed by atoms with Gasteiger partial charge in [0.05, 0.1) is 20.8 Å². The van der Waals surface area contributed by atoms with Gasteiger partial charge in [0.1, 0.15) is 17.4 Å². The van der Waals surface area contributed by atoms with E-state index in [1.54, 1.807) is 17.0 Å². The third kappa shape index (κ3) is 4.66. The minimum absolute atomic E-state index is 0.193. The Kier molecular flexibility index (Phi) is 6.53. The molecule has 1 aliphatic rings. The van der Waals surface area contributed by atoms with Crippen LogP contribution in [-0.4, -0.2) is 53.3 Å². The highest BCUT2D eigenvalue weighted by Gasteiger charge is 2.35. The number of likely N-dealkylation sites (tertiary alicyclic amines) is 1. The topological polar surface area (TPSA) is 99.8 Å². The van der Waals surface area contributed by atoms with Crippen molar-refractivity contribution in [1.82, 2.24) is 20.0 Å². The van der Waals surface area contributed by atoms with Crippen LogP contribution in [0.25, 0.3) is 0 Å². The van der Waals surface area contributed by atoms with E-state index in [0.717, 1.165) is 24.2 Å². The molecule has 4 rings (SSSR count). The van der Waals surface area contributed by atoms with Crippen molar-refractivity contribution in [2.75, 3.05) is 27.4 Å². The minimum atomic E-state index is -0.284. The van der Waals surface area contributed by atoms with Gasteiger partial charge in [-0.05, 0) is 43.5 Å². The lowest BCUT2D eigenvalue weighted by molar-refractivity contribution is 0.0705. The van der Waals surface area contributed by atoms with E-state index in [1.807, 2.05) is 31.2 Å². The van der Waals surface area contributed by atoms with E-state index in [4.69, 9.17) is 18.7 Å². The normalized spacial score (nSPS) is 15.6. The summed E-state index contributed by atoms with van der Waals surface area (Å²) in [7, 11) is 2.99. The van der Waals surface area contributed by atoms with E-state index in [0.29, 0.717) is 42.7 Å². The lowest BCUT2D eigenvalue weighted by Crippen LogP contribution is -2.31. The van der Waals surface area contributed by atoms with Crippen LogP contribution >= 0.6 is 0 Å². The number of amides is 1. The number of aryl methyl sites for hydroxylation is 1. The van der Waals surface area contributed by atoms with Crippen molar-refractivity contribution in [3.05, 3.63) is 59.2 Å². The molecular weight excluding hydrogens is 412 g/mol. The third-order valence-corrected chi connectivity index (χ3v) is 5.33. The van der Waals surface area contributed by atoms with Crippen LogP contribution in [0.1, 0.15) is 46.5 Å². The summed E-state index contributed by atoms with van der Waals surface area (Å²) in [5, 5.41) is 4.07. The summed E-state index contributed by atoms with van der Waals surface area (Å²) in [5.74, 6) is 2.20. The fourth-order valence-electron chi connectivity index (χ4n) is 3.75. The summed E-state index contributed by atoms with van der Waals surface area (Å²) in [6.07, 6.45) is 2.10. The fraction of sp³-hybridized carbons (Fsp3) is 0.391. The highest BCUT2D eigenvalue weighted by molar-refractivity contribution is 5.96. The second-order valence-electron chi connectivity index (χ2n) is 7.53. The quantitative estimate of drug-likeness (QED) is 0.528. The molecule has 1 aliphatic heterocycles. The van der Waals surface area contributed by atoms with Gasteiger partial charge in [0.15, 0.2) is 5.82 Å². The largest absolute Gasteiger partial charge is 0.493 e. The van der Waals surface area contributed by atoms with Crippen molar-refractivity contribution >= 4 is 5.91 Å². The van der Waals surface area contributed by atoms with Gasteiger partial charge in [-0.15, -0.1) is 0 Å². The molecule has 0 saturated carbocycles. The zero-order valence-electron chi connectivity index (χ0n) is 18.4. The molecule has 3 aromatic rings. The highest BCUT2D eigenvalue weighted by Crippen LogP contribution is 2.34. The highest BCUT2D eigenvalue weighted by atomic mass is 16.5. The molecule has 0 aliphatic carbocycles. The maximum Gasteiger partial charge on any atom is 0.260 e. The fourth-order valence-corrected chi connectivity index (χ4v) is 3.75. The maximum atomic E-state index is 13.2. The monoisotopic (exact) mass is 438 g/mol. The Morgan fingerprint density at radius 2 is 2.06 bits per heavy atom. The third-order valence-electron chi connectivity index (χ3n) is 5.33. The van der Waals surface area contributed by atoms with Crippen molar-refractivity contribution in [3.63, 3.8) is 0 Å². The lowest BCUT2D eigenvalue weighted by atomic mass is 10.2. The van der Waals surface area contributed by atoms with E-state index in [2.05, 4.69) is 15.1 Å². The first-order chi connectivity index (χ1) is 15.6. The van der Waals surface area contributed by atoms with Gasteiger partial charge >= 0.3 is 0 Å². The molecule has 1 amide bonds. The average Bonchev–Trinajstić information content (AvgIpc) is 3.48. The Morgan fingerprint density at radius 1 is 1.19 bits per heavy atom. The van der Waals surface area contributed by atoms with Crippen LogP contribution in [0.2, 0.25) is 0 Å². The number of aromatic nitrogens is 3. The van der Waals surface area contributed by atoms with Gasteiger partial charge in [0, 0.05) is 19.0 Å². The smallest absolute Gasteiger partial charge is 0.260 e. The van der Waals surface area contributed by atoms with Gasteiger partial charge in [0.25, 0.3) is 5.91 Å². The molecule has 1 aromatic carbocycles. The van der Waals surface area contributed by atoms with Gasteiger partial charge in [-0.25, -0.2) is 0 Å². The minimum Gasteiger partial charge on any atom is -0.493 e. The SMILES string of the molecule is COc1ccc(C(=O)N2CCCC2c2nc(CCOc3cccc(C)c3)no2)c(OC)n1. The molecule has 0 N–H and O–H groups in total. The van der Waals surface area contributed by atoms with Crippen LogP contribution in [0.4, 0.5) is 0 Å². The molecule has 9 nitrogen and oxygen atoms in total. The first-order valence-electron chi connectivity index (χ1n) is 10.5. The molecule has 3 heterocycles. The zero-order chi connectivity index (χ0) is 22.5. The number of carbonyl (C=O) groups excluding carboxylic acids is 1. The predicted octanol–water partition coefficient (Wildman–Crippen LogP) is 3.39. The van der Waals surface area contributed by atoms with Crippen LogP contribution in [0, 0.1) is 6.92 Å². The van der Waals surface area contributed by atoms with Crippen molar-refractivity contribution in [2.24, 2.45) is 0 Å². The summed E-state index contributed by atoms with van der Waals surface area (Å²) in [5.41, 5.74) is 1.51. The molecule has 0 radical (unpaired) electrons. The van der Waals surface area contributed by atoms with Crippen LogP contribution in [-0.2, 0) is 6.42 Å². The molecule has 0 bridgehead atoms. The van der Waals surface area contributed by atoms with E-state index in [9.17, 15) is 4.79 Å². The number of methoxy groups -OCH3 is 2. The molecule has 1 unspecified atom stereocenters. The summed E-state index contributed by atoms with van der Waals surface area (Å²) in [6, 6.07) is 10.9. The average molecular weight is 438 g/mol. The number of rotatable bonds is 8. The van der Waals surface area contributed by atoms with Crippen LogP contribution < -0.4 is 14.2 Å². The van der Waals surface area contributed by atoms with E-state index < -0.39 is 0 Å². The molecule has 168 valence electrons. The zero-order valence-corrected chi connectivity index (χ0v) is 18.4. The Hall–Kier alpha value is -3.62. The number of hydrogen-bond acceptors (Lipinski definition) is 8.